The number of carbonyl (C=O) groups is 3. The third-order valence-corrected chi connectivity index (χ3v) is 3.65. The summed E-state index contributed by atoms with van der Waals surface area (Å²) in [6.07, 6.45) is 0. The first-order chi connectivity index (χ1) is 10.6. The van der Waals surface area contributed by atoms with Crippen LogP contribution in [-0.2, 0) is 4.74 Å². The molecule has 5 heteroatoms. The minimum Gasteiger partial charge on any atom is -0.496 e. The predicted octanol–water partition coefficient (Wildman–Crippen LogP) is 2.26. The van der Waals surface area contributed by atoms with Crippen molar-refractivity contribution in [3.8, 4) is 5.75 Å². The zero-order valence-electron chi connectivity index (χ0n) is 12.0. The van der Waals surface area contributed by atoms with Crippen molar-refractivity contribution in [1.29, 1.82) is 0 Å². The number of rotatable bonds is 2. The van der Waals surface area contributed by atoms with Gasteiger partial charge in [0.15, 0.2) is 11.6 Å². The molecule has 0 N–H and O–H groups in total. The van der Waals surface area contributed by atoms with Crippen LogP contribution in [0.1, 0.15) is 42.2 Å². The van der Waals surface area contributed by atoms with Crippen molar-refractivity contribution in [1.82, 2.24) is 0 Å². The highest BCUT2D eigenvalue weighted by Gasteiger charge is 2.32. The molecule has 110 valence electrons. The molecular formula is C17H12O5. The first-order valence-corrected chi connectivity index (χ1v) is 6.57. The SMILES string of the molecule is COC(=O)c1ccc2c(c1)C(=O)c1cccc(OC)c1C2=O. The van der Waals surface area contributed by atoms with Gasteiger partial charge in [0, 0.05) is 16.7 Å². The van der Waals surface area contributed by atoms with Crippen LogP contribution in [0.5, 0.6) is 5.75 Å². The van der Waals surface area contributed by atoms with Gasteiger partial charge in [0.2, 0.25) is 0 Å². The monoisotopic (exact) mass is 296 g/mol. The molecule has 1 aliphatic rings. The molecule has 0 heterocycles. The smallest absolute Gasteiger partial charge is 0.337 e. The lowest BCUT2D eigenvalue weighted by molar-refractivity contribution is 0.0600. The topological polar surface area (TPSA) is 69.7 Å². The van der Waals surface area contributed by atoms with Crippen LogP contribution >= 0.6 is 0 Å². The van der Waals surface area contributed by atoms with E-state index in [1.807, 2.05) is 0 Å². The maximum absolute atomic E-state index is 12.6. The number of methoxy groups -OCH3 is 2. The van der Waals surface area contributed by atoms with Crippen LogP contribution in [0.2, 0.25) is 0 Å². The Morgan fingerprint density at radius 3 is 2.36 bits per heavy atom. The predicted molar refractivity (Wildman–Crippen MR) is 77.6 cm³/mol. The highest BCUT2D eigenvalue weighted by atomic mass is 16.5. The van der Waals surface area contributed by atoms with Crippen LogP contribution in [0.25, 0.3) is 0 Å². The number of benzene rings is 2. The van der Waals surface area contributed by atoms with Crippen molar-refractivity contribution in [2.75, 3.05) is 14.2 Å². The summed E-state index contributed by atoms with van der Waals surface area (Å²) in [6.45, 7) is 0. The standard InChI is InChI=1S/C17H12O5/c1-21-13-5-3-4-11-14(13)16(19)10-7-6-9(17(20)22-2)8-12(10)15(11)18/h3-8H,1-2H3. The average Bonchev–Trinajstić information content (AvgIpc) is 2.57. The zero-order chi connectivity index (χ0) is 15.9. The Labute approximate surface area is 126 Å². The van der Waals surface area contributed by atoms with Gasteiger partial charge >= 0.3 is 5.97 Å². The fraction of sp³-hybridized carbons (Fsp3) is 0.118. The van der Waals surface area contributed by atoms with E-state index < -0.39 is 5.97 Å². The van der Waals surface area contributed by atoms with E-state index in [0.29, 0.717) is 5.75 Å². The Morgan fingerprint density at radius 1 is 0.909 bits per heavy atom. The molecule has 3 rings (SSSR count). The van der Waals surface area contributed by atoms with Gasteiger partial charge in [-0.05, 0) is 24.3 Å². The molecule has 22 heavy (non-hydrogen) atoms. The number of hydrogen-bond acceptors (Lipinski definition) is 5. The lowest BCUT2D eigenvalue weighted by Crippen LogP contribution is -2.22. The molecule has 0 amide bonds. The molecule has 0 bridgehead atoms. The van der Waals surface area contributed by atoms with E-state index in [1.54, 1.807) is 18.2 Å². The van der Waals surface area contributed by atoms with E-state index in [9.17, 15) is 14.4 Å². The van der Waals surface area contributed by atoms with Gasteiger partial charge in [0.25, 0.3) is 0 Å². The average molecular weight is 296 g/mol. The van der Waals surface area contributed by atoms with E-state index in [2.05, 4.69) is 4.74 Å². The molecule has 0 spiro atoms. The van der Waals surface area contributed by atoms with E-state index in [1.165, 1.54) is 32.4 Å². The quantitative estimate of drug-likeness (QED) is 0.678. The first-order valence-electron chi connectivity index (χ1n) is 6.57. The van der Waals surface area contributed by atoms with Crippen LogP contribution in [-0.4, -0.2) is 31.8 Å². The van der Waals surface area contributed by atoms with E-state index >= 15 is 0 Å². The zero-order valence-corrected chi connectivity index (χ0v) is 12.0. The number of ether oxygens (including phenoxy) is 2. The molecule has 1 aliphatic carbocycles. The molecule has 0 saturated carbocycles. The summed E-state index contributed by atoms with van der Waals surface area (Å²) in [4.78, 5) is 36.9. The minimum absolute atomic E-state index is 0.202. The second-order valence-corrected chi connectivity index (χ2v) is 4.79. The van der Waals surface area contributed by atoms with Crippen LogP contribution in [0.15, 0.2) is 36.4 Å². The largest absolute Gasteiger partial charge is 0.496 e. The Kier molecular flexibility index (Phi) is 3.25. The number of ketones is 2. The van der Waals surface area contributed by atoms with Crippen molar-refractivity contribution in [3.05, 3.63) is 64.2 Å². The lowest BCUT2D eigenvalue weighted by Gasteiger charge is -2.19. The molecule has 5 nitrogen and oxygen atoms in total. The molecule has 0 aliphatic heterocycles. The van der Waals surface area contributed by atoms with Gasteiger partial charge in [-0.3, -0.25) is 9.59 Å². The van der Waals surface area contributed by atoms with Crippen molar-refractivity contribution in [3.63, 3.8) is 0 Å². The second-order valence-electron chi connectivity index (χ2n) is 4.79. The van der Waals surface area contributed by atoms with Crippen LogP contribution in [0.3, 0.4) is 0 Å². The number of carbonyl (C=O) groups excluding carboxylic acids is 3. The highest BCUT2D eigenvalue weighted by molar-refractivity contribution is 6.29. The second kappa shape index (κ2) is 5.11. The van der Waals surface area contributed by atoms with Crippen molar-refractivity contribution >= 4 is 17.5 Å². The van der Waals surface area contributed by atoms with Crippen LogP contribution in [0, 0.1) is 0 Å². The Hall–Kier alpha value is -2.95. The number of esters is 1. The van der Waals surface area contributed by atoms with Crippen molar-refractivity contribution < 1.29 is 23.9 Å². The van der Waals surface area contributed by atoms with Gasteiger partial charge in [-0.25, -0.2) is 4.79 Å². The molecule has 0 unspecified atom stereocenters. The van der Waals surface area contributed by atoms with Crippen molar-refractivity contribution in [2.45, 2.75) is 0 Å². The van der Waals surface area contributed by atoms with Gasteiger partial charge in [0.1, 0.15) is 5.75 Å². The molecule has 0 radical (unpaired) electrons. The minimum atomic E-state index is -0.556. The molecule has 0 aromatic heterocycles. The highest BCUT2D eigenvalue weighted by Crippen LogP contribution is 2.33. The first kappa shape index (κ1) is 14.0. The summed E-state index contributed by atoms with van der Waals surface area (Å²) in [5, 5.41) is 0. The normalized spacial score (nSPS) is 12.5. The maximum Gasteiger partial charge on any atom is 0.337 e. The summed E-state index contributed by atoms with van der Waals surface area (Å²) in [5.74, 6) is -0.800. The summed E-state index contributed by atoms with van der Waals surface area (Å²) in [6, 6.07) is 9.19. The number of hydrogen-bond donors (Lipinski definition) is 0. The molecular weight excluding hydrogens is 284 g/mol. The van der Waals surface area contributed by atoms with Crippen molar-refractivity contribution in [2.24, 2.45) is 0 Å². The maximum atomic E-state index is 12.6. The molecule has 0 atom stereocenters. The van der Waals surface area contributed by atoms with E-state index in [0.717, 1.165) is 0 Å². The fourth-order valence-corrected chi connectivity index (χ4v) is 2.58. The lowest BCUT2D eigenvalue weighted by atomic mass is 9.83. The summed E-state index contributed by atoms with van der Waals surface area (Å²) in [5.41, 5.74) is 1.23. The van der Waals surface area contributed by atoms with Gasteiger partial charge in [-0.15, -0.1) is 0 Å². The Morgan fingerprint density at radius 2 is 1.68 bits per heavy atom. The Bertz CT molecular complexity index is 820. The van der Waals surface area contributed by atoms with Crippen LogP contribution < -0.4 is 4.74 Å². The van der Waals surface area contributed by atoms with Gasteiger partial charge in [-0.2, -0.15) is 0 Å². The third kappa shape index (κ3) is 1.90. The van der Waals surface area contributed by atoms with E-state index in [4.69, 9.17) is 4.74 Å². The van der Waals surface area contributed by atoms with E-state index in [-0.39, 0.29) is 39.4 Å². The Balaban J connectivity index is 2.22. The summed E-state index contributed by atoms with van der Waals surface area (Å²) in [7, 11) is 2.71. The van der Waals surface area contributed by atoms with Gasteiger partial charge in [0.05, 0.1) is 25.3 Å². The molecule has 0 fully saturated rings. The van der Waals surface area contributed by atoms with Gasteiger partial charge in [-0.1, -0.05) is 12.1 Å². The fourth-order valence-electron chi connectivity index (χ4n) is 2.58. The number of fused-ring (bicyclic) bond motifs is 2. The molecule has 2 aromatic carbocycles. The summed E-state index contributed by atoms with van der Waals surface area (Å²) >= 11 is 0. The van der Waals surface area contributed by atoms with Gasteiger partial charge < -0.3 is 9.47 Å². The molecule has 2 aromatic rings. The third-order valence-electron chi connectivity index (χ3n) is 3.65. The van der Waals surface area contributed by atoms with Crippen LogP contribution in [0.4, 0.5) is 0 Å². The summed E-state index contributed by atoms with van der Waals surface area (Å²) < 4.78 is 9.82. The molecule has 0 saturated heterocycles.